The van der Waals surface area contributed by atoms with E-state index in [9.17, 15) is 9.59 Å². The molecular weight excluding hydrogens is 254 g/mol. The SMILES string of the molecule is CNC1CCC(N(C)C(=O)c2c[nH]c(C)cc2=O)CC1. The maximum Gasteiger partial charge on any atom is 0.259 e. The van der Waals surface area contributed by atoms with Gasteiger partial charge < -0.3 is 15.2 Å². The molecule has 0 aliphatic heterocycles. The number of amides is 1. The van der Waals surface area contributed by atoms with E-state index in [4.69, 9.17) is 0 Å². The van der Waals surface area contributed by atoms with Crippen molar-refractivity contribution in [2.45, 2.75) is 44.7 Å². The Bertz CT molecular complexity index is 530. The number of H-pyrrole nitrogens is 1. The van der Waals surface area contributed by atoms with E-state index in [1.807, 2.05) is 7.05 Å². The number of nitrogens with zero attached hydrogens (tertiary/aromatic N) is 1. The van der Waals surface area contributed by atoms with Crippen LogP contribution in [-0.2, 0) is 0 Å². The number of nitrogens with one attached hydrogen (secondary N) is 2. The number of carbonyl (C=O) groups is 1. The number of aryl methyl sites for hydroxylation is 1. The first-order chi connectivity index (χ1) is 9.52. The highest BCUT2D eigenvalue weighted by molar-refractivity contribution is 5.93. The Labute approximate surface area is 119 Å². The third-order valence-corrected chi connectivity index (χ3v) is 4.26. The summed E-state index contributed by atoms with van der Waals surface area (Å²) in [7, 11) is 3.78. The van der Waals surface area contributed by atoms with Crippen molar-refractivity contribution in [3.63, 3.8) is 0 Å². The molecule has 1 aliphatic carbocycles. The van der Waals surface area contributed by atoms with E-state index in [2.05, 4.69) is 10.3 Å². The molecule has 1 fully saturated rings. The topological polar surface area (TPSA) is 65.2 Å². The first kappa shape index (κ1) is 14.8. The molecule has 5 nitrogen and oxygen atoms in total. The van der Waals surface area contributed by atoms with Crippen LogP contribution in [0.2, 0.25) is 0 Å². The minimum atomic E-state index is -0.206. The molecule has 1 heterocycles. The standard InChI is InChI=1S/C15H23N3O2/c1-10-8-14(19)13(9-17-10)15(20)18(3)12-6-4-11(16-2)5-7-12/h8-9,11-12,16H,4-7H2,1-3H3,(H,17,19). The second kappa shape index (κ2) is 6.22. The van der Waals surface area contributed by atoms with Gasteiger partial charge in [-0.3, -0.25) is 9.59 Å². The third-order valence-electron chi connectivity index (χ3n) is 4.26. The second-order valence-corrected chi connectivity index (χ2v) is 5.60. The van der Waals surface area contributed by atoms with Crippen LogP contribution in [0.5, 0.6) is 0 Å². The molecule has 0 unspecified atom stereocenters. The Hall–Kier alpha value is -1.62. The van der Waals surface area contributed by atoms with E-state index >= 15 is 0 Å². The van der Waals surface area contributed by atoms with Crippen LogP contribution in [0.25, 0.3) is 0 Å². The molecule has 2 N–H and O–H groups in total. The monoisotopic (exact) mass is 277 g/mol. The maximum atomic E-state index is 12.4. The van der Waals surface area contributed by atoms with Gasteiger partial charge >= 0.3 is 0 Å². The van der Waals surface area contributed by atoms with Gasteiger partial charge in [0.25, 0.3) is 5.91 Å². The lowest BCUT2D eigenvalue weighted by Gasteiger charge is -2.34. The largest absolute Gasteiger partial charge is 0.364 e. The molecule has 0 saturated heterocycles. The lowest BCUT2D eigenvalue weighted by Crippen LogP contribution is -2.43. The third kappa shape index (κ3) is 3.10. The highest BCUT2D eigenvalue weighted by atomic mass is 16.2. The molecule has 1 aromatic heterocycles. The molecule has 1 aromatic rings. The second-order valence-electron chi connectivity index (χ2n) is 5.60. The molecule has 0 atom stereocenters. The van der Waals surface area contributed by atoms with Gasteiger partial charge in [0.15, 0.2) is 5.43 Å². The molecule has 1 saturated carbocycles. The molecule has 5 heteroatoms. The van der Waals surface area contributed by atoms with Crippen molar-refractivity contribution in [3.8, 4) is 0 Å². The molecule has 20 heavy (non-hydrogen) atoms. The number of carbonyl (C=O) groups excluding carboxylic acids is 1. The Kier molecular flexibility index (Phi) is 4.60. The number of rotatable bonds is 3. The van der Waals surface area contributed by atoms with Gasteiger partial charge in [-0.15, -0.1) is 0 Å². The fourth-order valence-corrected chi connectivity index (χ4v) is 2.85. The van der Waals surface area contributed by atoms with Crippen molar-refractivity contribution in [2.75, 3.05) is 14.1 Å². The predicted molar refractivity (Wildman–Crippen MR) is 79.0 cm³/mol. The summed E-state index contributed by atoms with van der Waals surface area (Å²) in [6.45, 7) is 1.80. The van der Waals surface area contributed by atoms with Crippen molar-refractivity contribution in [1.82, 2.24) is 15.2 Å². The van der Waals surface area contributed by atoms with Crippen molar-refractivity contribution >= 4 is 5.91 Å². The lowest BCUT2D eigenvalue weighted by atomic mass is 9.90. The fourth-order valence-electron chi connectivity index (χ4n) is 2.85. The number of aromatic nitrogens is 1. The highest BCUT2D eigenvalue weighted by Crippen LogP contribution is 2.22. The maximum absolute atomic E-state index is 12.4. The molecular formula is C15H23N3O2. The molecule has 110 valence electrons. The van der Waals surface area contributed by atoms with E-state index in [0.717, 1.165) is 31.4 Å². The van der Waals surface area contributed by atoms with E-state index < -0.39 is 0 Å². The molecule has 1 aliphatic rings. The van der Waals surface area contributed by atoms with E-state index in [0.29, 0.717) is 6.04 Å². The van der Waals surface area contributed by atoms with Crippen LogP contribution in [-0.4, -0.2) is 42.0 Å². The molecule has 0 aromatic carbocycles. The number of hydrogen-bond donors (Lipinski definition) is 2. The van der Waals surface area contributed by atoms with Crippen LogP contribution in [0.3, 0.4) is 0 Å². The van der Waals surface area contributed by atoms with Crippen molar-refractivity contribution in [3.05, 3.63) is 33.7 Å². The summed E-state index contributed by atoms with van der Waals surface area (Å²) in [5.41, 5.74) is 0.791. The van der Waals surface area contributed by atoms with Crippen LogP contribution >= 0.6 is 0 Å². The van der Waals surface area contributed by atoms with E-state index in [1.165, 1.54) is 12.3 Å². The summed E-state index contributed by atoms with van der Waals surface area (Å²) in [5.74, 6) is -0.181. The Morgan fingerprint density at radius 2 is 2.00 bits per heavy atom. The minimum absolute atomic E-state index is 0.181. The van der Waals surface area contributed by atoms with Crippen molar-refractivity contribution in [1.29, 1.82) is 0 Å². The van der Waals surface area contributed by atoms with Gasteiger partial charge in [0, 0.05) is 37.1 Å². The van der Waals surface area contributed by atoms with Crippen molar-refractivity contribution in [2.24, 2.45) is 0 Å². The molecule has 0 spiro atoms. The van der Waals surface area contributed by atoms with Gasteiger partial charge in [-0.25, -0.2) is 0 Å². The average molecular weight is 277 g/mol. The van der Waals surface area contributed by atoms with Gasteiger partial charge in [-0.1, -0.05) is 0 Å². The summed E-state index contributed by atoms with van der Waals surface area (Å²) >= 11 is 0. The Morgan fingerprint density at radius 3 is 2.55 bits per heavy atom. The zero-order valence-electron chi connectivity index (χ0n) is 12.4. The summed E-state index contributed by atoms with van der Waals surface area (Å²) in [5, 5.41) is 3.28. The smallest absolute Gasteiger partial charge is 0.259 e. The van der Waals surface area contributed by atoms with Crippen LogP contribution in [0.4, 0.5) is 0 Å². The summed E-state index contributed by atoms with van der Waals surface area (Å²) in [4.78, 5) is 29.0. The lowest BCUT2D eigenvalue weighted by molar-refractivity contribution is 0.0684. The quantitative estimate of drug-likeness (QED) is 0.875. The van der Waals surface area contributed by atoms with Crippen molar-refractivity contribution < 1.29 is 4.79 Å². The summed E-state index contributed by atoms with van der Waals surface area (Å²) < 4.78 is 0. The zero-order chi connectivity index (χ0) is 14.7. The fraction of sp³-hybridized carbons (Fsp3) is 0.600. The van der Waals surface area contributed by atoms with Gasteiger partial charge in [0.2, 0.25) is 0 Å². The first-order valence-electron chi connectivity index (χ1n) is 7.16. The van der Waals surface area contributed by atoms with E-state index in [1.54, 1.807) is 18.9 Å². The molecule has 0 bridgehead atoms. The summed E-state index contributed by atoms with van der Waals surface area (Å²) in [6, 6.07) is 2.25. The predicted octanol–water partition coefficient (Wildman–Crippen LogP) is 1.29. The number of hydrogen-bond acceptors (Lipinski definition) is 3. The Morgan fingerprint density at radius 1 is 1.35 bits per heavy atom. The highest BCUT2D eigenvalue weighted by Gasteiger charge is 2.27. The number of pyridine rings is 1. The zero-order valence-corrected chi connectivity index (χ0v) is 12.4. The van der Waals surface area contributed by atoms with Gasteiger partial charge in [0.1, 0.15) is 5.56 Å². The van der Waals surface area contributed by atoms with Crippen LogP contribution in [0.1, 0.15) is 41.7 Å². The normalized spacial score (nSPS) is 22.6. The molecule has 0 radical (unpaired) electrons. The minimum Gasteiger partial charge on any atom is -0.364 e. The van der Waals surface area contributed by atoms with Crippen LogP contribution in [0.15, 0.2) is 17.1 Å². The van der Waals surface area contributed by atoms with Gasteiger partial charge in [-0.05, 0) is 39.7 Å². The van der Waals surface area contributed by atoms with Gasteiger partial charge in [0.05, 0.1) is 0 Å². The summed E-state index contributed by atoms with van der Waals surface area (Å²) in [6.07, 6.45) is 5.64. The van der Waals surface area contributed by atoms with Gasteiger partial charge in [-0.2, -0.15) is 0 Å². The van der Waals surface area contributed by atoms with Crippen LogP contribution in [0, 0.1) is 6.92 Å². The molecule has 1 amide bonds. The first-order valence-corrected chi connectivity index (χ1v) is 7.16. The number of aromatic amines is 1. The Balaban J connectivity index is 2.07. The van der Waals surface area contributed by atoms with Crippen LogP contribution < -0.4 is 10.7 Å². The molecule has 2 rings (SSSR count). The average Bonchev–Trinajstić information content (AvgIpc) is 2.46. The van der Waals surface area contributed by atoms with E-state index in [-0.39, 0.29) is 22.9 Å².